The highest BCUT2D eigenvalue weighted by molar-refractivity contribution is 6.31. The largest absolute Gasteiger partial charge is 0.353 e. The fourth-order valence-corrected chi connectivity index (χ4v) is 4.36. The summed E-state index contributed by atoms with van der Waals surface area (Å²) in [6, 6.07) is 17.9. The summed E-state index contributed by atoms with van der Waals surface area (Å²) in [4.78, 5) is 29.2. The minimum atomic E-state index is -0.302. The highest BCUT2D eigenvalue weighted by atomic mass is 35.5. The van der Waals surface area contributed by atoms with Crippen molar-refractivity contribution < 1.29 is 9.59 Å². The third-order valence-electron chi connectivity index (χ3n) is 5.80. The van der Waals surface area contributed by atoms with E-state index in [2.05, 4.69) is 34.5 Å². The zero-order valence-corrected chi connectivity index (χ0v) is 17.1. The number of nitrogens with one attached hydrogen (secondary N) is 1. The van der Waals surface area contributed by atoms with Crippen molar-refractivity contribution in [1.29, 1.82) is 0 Å². The van der Waals surface area contributed by atoms with Gasteiger partial charge in [-0.15, -0.1) is 0 Å². The van der Waals surface area contributed by atoms with E-state index in [1.54, 1.807) is 17.0 Å². The molecule has 2 heterocycles. The van der Waals surface area contributed by atoms with Crippen LogP contribution < -0.4 is 10.2 Å². The topological polar surface area (TPSA) is 52.7 Å². The number of anilines is 1. The summed E-state index contributed by atoms with van der Waals surface area (Å²) in [6.07, 6.45) is 2.14. The molecule has 1 N–H and O–H groups in total. The molecule has 2 aliphatic heterocycles. The minimum Gasteiger partial charge on any atom is -0.353 e. The molecular weight excluding hydrogens is 386 g/mol. The molecule has 0 radical (unpaired) electrons. The van der Waals surface area contributed by atoms with Crippen LogP contribution in [0.25, 0.3) is 0 Å². The number of piperidine rings is 1. The molecule has 2 saturated heterocycles. The molecule has 0 aliphatic carbocycles. The number of hydrogen-bond donors (Lipinski definition) is 1. The van der Waals surface area contributed by atoms with Crippen LogP contribution >= 0.6 is 11.6 Å². The van der Waals surface area contributed by atoms with E-state index >= 15 is 0 Å². The van der Waals surface area contributed by atoms with E-state index in [4.69, 9.17) is 11.6 Å². The standard InChI is InChI=1S/C23H26ClN3O2/c24-19-7-4-8-21(14-19)27-16-18(13-22(27)28)23(29)25-20-9-11-26(12-10-20)15-17-5-2-1-3-6-17/h1-8,14,18,20H,9-13,15-16H2,(H,25,29). The van der Waals surface area contributed by atoms with Gasteiger partial charge in [-0.25, -0.2) is 0 Å². The number of nitrogens with zero attached hydrogens (tertiary/aromatic N) is 2. The van der Waals surface area contributed by atoms with Crippen LogP contribution in [0.3, 0.4) is 0 Å². The molecule has 0 saturated carbocycles. The van der Waals surface area contributed by atoms with Gasteiger partial charge in [-0.1, -0.05) is 48.0 Å². The highest BCUT2D eigenvalue weighted by Crippen LogP contribution is 2.27. The van der Waals surface area contributed by atoms with Gasteiger partial charge in [0.05, 0.1) is 5.92 Å². The summed E-state index contributed by atoms with van der Waals surface area (Å²) in [5.74, 6) is -0.335. The normalized spacial score (nSPS) is 20.8. The maximum atomic E-state index is 12.7. The van der Waals surface area contributed by atoms with Crippen molar-refractivity contribution in [3.05, 3.63) is 65.2 Å². The number of benzene rings is 2. The molecule has 5 nitrogen and oxygen atoms in total. The molecule has 2 aromatic rings. The van der Waals surface area contributed by atoms with E-state index in [-0.39, 0.29) is 30.2 Å². The quantitative estimate of drug-likeness (QED) is 0.819. The minimum absolute atomic E-state index is 0.00983. The fraction of sp³-hybridized carbons (Fsp3) is 0.391. The van der Waals surface area contributed by atoms with Gasteiger partial charge >= 0.3 is 0 Å². The zero-order valence-electron chi connectivity index (χ0n) is 16.4. The number of carbonyl (C=O) groups excluding carboxylic acids is 2. The summed E-state index contributed by atoms with van der Waals surface area (Å²) in [7, 11) is 0. The van der Waals surface area contributed by atoms with Crippen LogP contribution in [0, 0.1) is 5.92 Å². The summed E-state index contributed by atoms with van der Waals surface area (Å²) >= 11 is 6.04. The second-order valence-corrected chi connectivity index (χ2v) is 8.37. The molecule has 2 aromatic carbocycles. The predicted octanol–water partition coefficient (Wildman–Crippen LogP) is 3.47. The summed E-state index contributed by atoms with van der Waals surface area (Å²) in [5, 5.41) is 3.77. The van der Waals surface area contributed by atoms with Crippen LogP contribution in [0.2, 0.25) is 5.02 Å². The number of rotatable bonds is 5. The molecule has 2 fully saturated rings. The molecule has 152 valence electrons. The van der Waals surface area contributed by atoms with Gasteiger partial charge in [0.1, 0.15) is 0 Å². The molecule has 1 atom stereocenters. The molecule has 0 aromatic heterocycles. The Bertz CT molecular complexity index is 865. The van der Waals surface area contributed by atoms with Crippen LogP contribution in [0.4, 0.5) is 5.69 Å². The lowest BCUT2D eigenvalue weighted by molar-refractivity contribution is -0.127. The fourth-order valence-electron chi connectivity index (χ4n) is 4.17. The highest BCUT2D eigenvalue weighted by Gasteiger charge is 2.36. The van der Waals surface area contributed by atoms with Crippen molar-refractivity contribution in [1.82, 2.24) is 10.2 Å². The first-order chi connectivity index (χ1) is 14.1. The smallest absolute Gasteiger partial charge is 0.227 e. The lowest BCUT2D eigenvalue weighted by atomic mass is 10.0. The monoisotopic (exact) mass is 411 g/mol. The number of amides is 2. The van der Waals surface area contributed by atoms with E-state index < -0.39 is 0 Å². The molecule has 2 aliphatic rings. The predicted molar refractivity (Wildman–Crippen MR) is 115 cm³/mol. The molecule has 0 bridgehead atoms. The van der Waals surface area contributed by atoms with E-state index in [0.29, 0.717) is 11.6 Å². The molecule has 0 spiro atoms. The van der Waals surface area contributed by atoms with Crippen molar-refractivity contribution in [2.45, 2.75) is 31.8 Å². The number of likely N-dealkylation sites (tertiary alicyclic amines) is 1. The number of halogens is 1. The molecule has 2 amide bonds. The average Bonchev–Trinajstić information content (AvgIpc) is 3.12. The van der Waals surface area contributed by atoms with Crippen molar-refractivity contribution in [3.8, 4) is 0 Å². The van der Waals surface area contributed by atoms with Crippen molar-refractivity contribution in [2.75, 3.05) is 24.5 Å². The first-order valence-corrected chi connectivity index (χ1v) is 10.6. The van der Waals surface area contributed by atoms with Crippen molar-refractivity contribution in [3.63, 3.8) is 0 Å². The lowest BCUT2D eigenvalue weighted by Gasteiger charge is -2.32. The zero-order chi connectivity index (χ0) is 20.2. The number of carbonyl (C=O) groups is 2. The molecule has 29 heavy (non-hydrogen) atoms. The van der Waals surface area contributed by atoms with Gasteiger partial charge in [0, 0.05) is 49.4 Å². The summed E-state index contributed by atoms with van der Waals surface area (Å²) < 4.78 is 0. The second-order valence-electron chi connectivity index (χ2n) is 7.93. The van der Waals surface area contributed by atoms with Crippen LogP contribution in [-0.2, 0) is 16.1 Å². The van der Waals surface area contributed by atoms with Crippen molar-refractivity contribution in [2.24, 2.45) is 5.92 Å². The van der Waals surface area contributed by atoms with Gasteiger partial charge in [-0.2, -0.15) is 0 Å². The Morgan fingerprint density at radius 3 is 2.55 bits per heavy atom. The summed E-state index contributed by atoms with van der Waals surface area (Å²) in [5.41, 5.74) is 2.08. The van der Waals surface area contributed by atoms with Crippen LogP contribution in [-0.4, -0.2) is 42.4 Å². The van der Waals surface area contributed by atoms with Crippen LogP contribution in [0.5, 0.6) is 0 Å². The Morgan fingerprint density at radius 2 is 1.83 bits per heavy atom. The SMILES string of the molecule is O=C(NC1CCN(Cc2ccccc2)CC1)C1CC(=O)N(c2cccc(Cl)c2)C1. The third kappa shape index (κ3) is 4.98. The first kappa shape index (κ1) is 19.9. The molecule has 6 heteroatoms. The Labute approximate surface area is 176 Å². The summed E-state index contributed by atoms with van der Waals surface area (Å²) in [6.45, 7) is 3.31. The number of hydrogen-bond acceptors (Lipinski definition) is 3. The Balaban J connectivity index is 1.26. The van der Waals surface area contributed by atoms with Gasteiger partial charge in [0.15, 0.2) is 0 Å². The average molecular weight is 412 g/mol. The molecule has 4 rings (SSSR count). The van der Waals surface area contributed by atoms with Gasteiger partial charge in [0.25, 0.3) is 0 Å². The van der Waals surface area contributed by atoms with Crippen LogP contribution in [0.15, 0.2) is 54.6 Å². The maximum absolute atomic E-state index is 12.7. The Hall–Kier alpha value is -2.37. The maximum Gasteiger partial charge on any atom is 0.227 e. The van der Waals surface area contributed by atoms with E-state index in [0.717, 1.165) is 38.2 Å². The lowest BCUT2D eigenvalue weighted by Crippen LogP contribution is -2.46. The van der Waals surface area contributed by atoms with Gasteiger partial charge in [0.2, 0.25) is 11.8 Å². The van der Waals surface area contributed by atoms with E-state index in [1.807, 2.05) is 18.2 Å². The van der Waals surface area contributed by atoms with Gasteiger partial charge in [-0.3, -0.25) is 14.5 Å². The first-order valence-electron chi connectivity index (χ1n) is 10.2. The molecule has 1 unspecified atom stereocenters. The van der Waals surface area contributed by atoms with Gasteiger partial charge in [-0.05, 0) is 36.6 Å². The van der Waals surface area contributed by atoms with E-state index in [9.17, 15) is 9.59 Å². The second kappa shape index (κ2) is 8.97. The van der Waals surface area contributed by atoms with Gasteiger partial charge < -0.3 is 10.2 Å². The van der Waals surface area contributed by atoms with Crippen molar-refractivity contribution >= 4 is 29.1 Å². The molecular formula is C23H26ClN3O2. The Morgan fingerprint density at radius 1 is 1.07 bits per heavy atom. The Kier molecular flexibility index (Phi) is 6.16. The van der Waals surface area contributed by atoms with Crippen LogP contribution in [0.1, 0.15) is 24.8 Å². The van der Waals surface area contributed by atoms with E-state index in [1.165, 1.54) is 5.56 Å². The third-order valence-corrected chi connectivity index (χ3v) is 6.03.